The van der Waals surface area contributed by atoms with Gasteiger partial charge in [-0.2, -0.15) is 4.31 Å². The molecule has 0 saturated carbocycles. The number of hydrogen-bond acceptors (Lipinski definition) is 5. The van der Waals surface area contributed by atoms with Crippen molar-refractivity contribution >= 4 is 21.4 Å². The first-order chi connectivity index (χ1) is 10.0. The lowest BCUT2D eigenvalue weighted by atomic mass is 10.0. The lowest BCUT2D eigenvalue weighted by Crippen LogP contribution is -2.56. The molecule has 1 unspecified atom stereocenters. The predicted octanol–water partition coefficient (Wildman–Crippen LogP) is 1.37. The smallest absolute Gasteiger partial charge is 0.244 e. The molecule has 2 N–H and O–H groups in total. The zero-order chi connectivity index (χ0) is 15.0. The summed E-state index contributed by atoms with van der Waals surface area (Å²) in [5.74, 6) is 0. The van der Waals surface area contributed by atoms with E-state index in [0.717, 1.165) is 30.0 Å². The molecule has 1 aromatic heterocycles. The average Bonchev–Trinajstić information content (AvgIpc) is 2.88. The standard InChI is InChI=1S/C14H23N3O2S2/c1-11-10-20-13(8-15)14(11)21(18,19)17-7-6-16-5-3-2-4-12(16)9-17/h10,12H,2-9,15H2,1H3. The van der Waals surface area contributed by atoms with Gasteiger partial charge in [-0.1, -0.05) is 6.42 Å². The number of thiophene rings is 1. The van der Waals surface area contributed by atoms with Crippen molar-refractivity contribution in [2.75, 3.05) is 26.2 Å². The first kappa shape index (κ1) is 15.4. The van der Waals surface area contributed by atoms with Crippen LogP contribution < -0.4 is 5.73 Å². The maximum atomic E-state index is 13.0. The van der Waals surface area contributed by atoms with Crippen molar-refractivity contribution in [1.29, 1.82) is 0 Å². The molecule has 0 aromatic carbocycles. The Balaban J connectivity index is 1.87. The number of piperazine rings is 1. The van der Waals surface area contributed by atoms with E-state index < -0.39 is 10.0 Å². The fraction of sp³-hybridized carbons (Fsp3) is 0.714. The van der Waals surface area contributed by atoms with Gasteiger partial charge < -0.3 is 5.73 Å². The second kappa shape index (κ2) is 5.96. The fourth-order valence-corrected chi connectivity index (χ4v) is 6.57. The number of fused-ring (bicyclic) bond motifs is 1. The molecule has 2 saturated heterocycles. The molecule has 5 nitrogen and oxygen atoms in total. The molecule has 3 heterocycles. The molecular weight excluding hydrogens is 306 g/mol. The van der Waals surface area contributed by atoms with Gasteiger partial charge in [-0.05, 0) is 37.3 Å². The minimum absolute atomic E-state index is 0.288. The Hall–Kier alpha value is -0.470. The number of rotatable bonds is 3. The highest BCUT2D eigenvalue weighted by Gasteiger charge is 2.36. The van der Waals surface area contributed by atoms with Crippen LogP contribution in [-0.4, -0.2) is 49.8 Å². The lowest BCUT2D eigenvalue weighted by molar-refractivity contribution is 0.0851. The Labute approximate surface area is 130 Å². The molecule has 118 valence electrons. The Morgan fingerprint density at radius 1 is 1.33 bits per heavy atom. The summed E-state index contributed by atoms with van der Waals surface area (Å²) in [6.07, 6.45) is 3.56. The van der Waals surface area contributed by atoms with Gasteiger partial charge in [0.1, 0.15) is 4.90 Å². The van der Waals surface area contributed by atoms with Crippen molar-refractivity contribution in [3.63, 3.8) is 0 Å². The van der Waals surface area contributed by atoms with Crippen LogP contribution in [0.3, 0.4) is 0 Å². The van der Waals surface area contributed by atoms with Gasteiger partial charge >= 0.3 is 0 Å². The van der Waals surface area contributed by atoms with Crippen molar-refractivity contribution in [3.8, 4) is 0 Å². The van der Waals surface area contributed by atoms with Gasteiger partial charge in [0.05, 0.1) is 0 Å². The average molecular weight is 329 g/mol. The summed E-state index contributed by atoms with van der Waals surface area (Å²) in [7, 11) is -3.41. The van der Waals surface area contributed by atoms with Crippen LogP contribution in [0.2, 0.25) is 0 Å². The summed E-state index contributed by atoms with van der Waals surface area (Å²) in [6.45, 7) is 5.34. The van der Waals surface area contributed by atoms with Gasteiger partial charge in [-0.25, -0.2) is 8.42 Å². The number of sulfonamides is 1. The molecule has 1 aromatic rings. The SMILES string of the molecule is Cc1csc(CN)c1S(=O)(=O)N1CCN2CCCCC2C1. The highest BCUT2D eigenvalue weighted by atomic mass is 32.2. The van der Waals surface area contributed by atoms with E-state index in [-0.39, 0.29) is 6.54 Å². The van der Waals surface area contributed by atoms with Crippen LogP contribution in [0.4, 0.5) is 0 Å². The third-order valence-electron chi connectivity index (χ3n) is 4.57. The van der Waals surface area contributed by atoms with Crippen molar-refractivity contribution < 1.29 is 8.42 Å². The van der Waals surface area contributed by atoms with Crippen molar-refractivity contribution in [2.45, 2.75) is 43.7 Å². The number of piperidine rings is 1. The van der Waals surface area contributed by atoms with E-state index in [1.54, 1.807) is 4.31 Å². The predicted molar refractivity (Wildman–Crippen MR) is 84.9 cm³/mol. The molecule has 2 aliphatic heterocycles. The van der Waals surface area contributed by atoms with Gasteiger partial charge in [0.25, 0.3) is 0 Å². The second-order valence-corrected chi connectivity index (χ2v) is 8.76. The topological polar surface area (TPSA) is 66.6 Å². The molecule has 1 atom stereocenters. The number of aryl methyl sites for hydroxylation is 1. The summed E-state index contributed by atoms with van der Waals surface area (Å²) in [5, 5.41) is 1.89. The third kappa shape index (κ3) is 2.77. The molecule has 2 aliphatic rings. The van der Waals surface area contributed by atoms with Crippen molar-refractivity contribution in [1.82, 2.24) is 9.21 Å². The monoisotopic (exact) mass is 329 g/mol. The molecule has 0 aliphatic carbocycles. The number of hydrogen-bond donors (Lipinski definition) is 1. The Kier molecular flexibility index (Phi) is 4.38. The number of nitrogens with two attached hydrogens (primary N) is 1. The molecule has 2 fully saturated rings. The molecule has 0 radical (unpaired) electrons. The minimum atomic E-state index is -3.41. The fourth-order valence-electron chi connectivity index (χ4n) is 3.45. The van der Waals surface area contributed by atoms with Crippen LogP contribution in [0.15, 0.2) is 10.3 Å². The maximum Gasteiger partial charge on any atom is 0.244 e. The Morgan fingerprint density at radius 2 is 2.14 bits per heavy atom. The normalized spacial score (nSPS) is 25.0. The van der Waals surface area contributed by atoms with Crippen molar-refractivity contribution in [3.05, 3.63) is 15.8 Å². The lowest BCUT2D eigenvalue weighted by Gasteiger charge is -2.43. The van der Waals surface area contributed by atoms with Gasteiger partial charge in [-0.15, -0.1) is 11.3 Å². The van der Waals surface area contributed by atoms with Crippen LogP contribution >= 0.6 is 11.3 Å². The summed E-state index contributed by atoms with van der Waals surface area (Å²) < 4.78 is 27.6. The first-order valence-electron chi connectivity index (χ1n) is 7.55. The molecule has 3 rings (SSSR count). The molecule has 0 bridgehead atoms. The minimum Gasteiger partial charge on any atom is -0.326 e. The maximum absolute atomic E-state index is 13.0. The van der Waals surface area contributed by atoms with Crippen LogP contribution in [0.5, 0.6) is 0 Å². The van der Waals surface area contributed by atoms with Gasteiger partial charge in [0.15, 0.2) is 0 Å². The van der Waals surface area contributed by atoms with E-state index in [4.69, 9.17) is 5.73 Å². The zero-order valence-electron chi connectivity index (χ0n) is 12.4. The quantitative estimate of drug-likeness (QED) is 0.910. The molecule has 21 heavy (non-hydrogen) atoms. The van der Waals surface area contributed by atoms with Crippen LogP contribution in [0, 0.1) is 6.92 Å². The van der Waals surface area contributed by atoms with E-state index in [0.29, 0.717) is 24.0 Å². The molecule has 0 amide bonds. The Bertz CT molecular complexity index is 612. The summed E-state index contributed by atoms with van der Waals surface area (Å²) in [5.41, 5.74) is 6.54. The van der Waals surface area contributed by atoms with E-state index >= 15 is 0 Å². The van der Waals surface area contributed by atoms with Crippen molar-refractivity contribution in [2.24, 2.45) is 5.73 Å². The second-order valence-electron chi connectivity index (χ2n) is 5.92. The van der Waals surface area contributed by atoms with Gasteiger partial charge in [0.2, 0.25) is 10.0 Å². The summed E-state index contributed by atoms with van der Waals surface area (Å²) in [4.78, 5) is 3.68. The van der Waals surface area contributed by atoms with Gasteiger partial charge in [-0.3, -0.25) is 4.90 Å². The first-order valence-corrected chi connectivity index (χ1v) is 9.87. The molecule has 7 heteroatoms. The molecular formula is C14H23N3O2S2. The third-order valence-corrected chi connectivity index (χ3v) is 7.92. The summed E-state index contributed by atoms with van der Waals surface area (Å²) >= 11 is 1.45. The Morgan fingerprint density at radius 3 is 2.90 bits per heavy atom. The van der Waals surface area contributed by atoms with Crippen LogP contribution in [0.25, 0.3) is 0 Å². The zero-order valence-corrected chi connectivity index (χ0v) is 14.0. The van der Waals surface area contributed by atoms with Crippen LogP contribution in [0.1, 0.15) is 29.7 Å². The van der Waals surface area contributed by atoms with Gasteiger partial charge in [0, 0.05) is 37.1 Å². The highest BCUT2D eigenvalue weighted by Crippen LogP contribution is 2.31. The molecule has 0 spiro atoms. The summed E-state index contributed by atoms with van der Waals surface area (Å²) in [6, 6.07) is 0.391. The highest BCUT2D eigenvalue weighted by molar-refractivity contribution is 7.89. The van der Waals surface area contributed by atoms with E-state index in [1.807, 2.05) is 12.3 Å². The largest absolute Gasteiger partial charge is 0.326 e. The van der Waals surface area contributed by atoms with E-state index in [9.17, 15) is 8.42 Å². The number of nitrogens with zero attached hydrogens (tertiary/aromatic N) is 2. The van der Waals surface area contributed by atoms with E-state index in [1.165, 1.54) is 24.2 Å². The van der Waals surface area contributed by atoms with E-state index in [2.05, 4.69) is 4.90 Å². The van der Waals surface area contributed by atoms with Crippen LogP contribution in [-0.2, 0) is 16.6 Å².